The third-order valence-electron chi connectivity index (χ3n) is 5.64. The molecule has 1 heterocycles. The van der Waals surface area contributed by atoms with Gasteiger partial charge in [-0.15, -0.1) is 0 Å². The lowest BCUT2D eigenvalue weighted by Gasteiger charge is -2.27. The van der Waals surface area contributed by atoms with Gasteiger partial charge in [0.15, 0.2) is 0 Å². The van der Waals surface area contributed by atoms with E-state index in [9.17, 15) is 9.59 Å². The van der Waals surface area contributed by atoms with Crippen LogP contribution < -0.4 is 10.1 Å². The Labute approximate surface area is 181 Å². The molecule has 1 fully saturated rings. The van der Waals surface area contributed by atoms with E-state index in [1.165, 1.54) is 0 Å². The van der Waals surface area contributed by atoms with Gasteiger partial charge in [0.25, 0.3) is 5.91 Å². The average Bonchev–Trinajstić information content (AvgIpc) is 2.83. The number of benzene rings is 3. The van der Waals surface area contributed by atoms with E-state index in [0.717, 1.165) is 22.1 Å². The van der Waals surface area contributed by atoms with Gasteiger partial charge in [-0.3, -0.25) is 9.59 Å². The largest absolute Gasteiger partial charge is 0.497 e. The van der Waals surface area contributed by atoms with Gasteiger partial charge >= 0.3 is 0 Å². The Morgan fingerprint density at radius 1 is 1.00 bits per heavy atom. The molecule has 1 atom stereocenters. The number of fused-ring (bicyclic) bond motifs is 1. The minimum absolute atomic E-state index is 0.0441. The maximum atomic E-state index is 12.9. The van der Waals surface area contributed by atoms with E-state index < -0.39 is 0 Å². The first-order valence-corrected chi connectivity index (χ1v) is 10.4. The van der Waals surface area contributed by atoms with Crippen LogP contribution in [0.5, 0.6) is 5.75 Å². The van der Waals surface area contributed by atoms with Gasteiger partial charge in [0.2, 0.25) is 5.91 Å². The predicted molar refractivity (Wildman–Crippen MR) is 121 cm³/mol. The molecule has 0 aliphatic carbocycles. The van der Waals surface area contributed by atoms with Gasteiger partial charge in [0, 0.05) is 24.3 Å². The number of methoxy groups -OCH3 is 1. The molecule has 0 bridgehead atoms. The molecule has 2 amide bonds. The highest BCUT2D eigenvalue weighted by Gasteiger charge is 2.20. The number of anilines is 1. The van der Waals surface area contributed by atoms with Gasteiger partial charge < -0.3 is 19.7 Å². The molecule has 1 N–H and O–H groups in total. The third kappa shape index (κ3) is 4.70. The first-order chi connectivity index (χ1) is 15.0. The van der Waals surface area contributed by atoms with Crippen molar-refractivity contribution in [1.29, 1.82) is 0 Å². The number of amides is 2. The van der Waals surface area contributed by atoms with E-state index >= 15 is 0 Å². The smallest absolute Gasteiger partial charge is 0.254 e. The first-order valence-electron chi connectivity index (χ1n) is 10.4. The second-order valence-electron chi connectivity index (χ2n) is 7.67. The van der Waals surface area contributed by atoms with Crippen LogP contribution in [0, 0.1) is 0 Å². The van der Waals surface area contributed by atoms with Crippen LogP contribution in [0.25, 0.3) is 10.8 Å². The zero-order valence-corrected chi connectivity index (χ0v) is 17.8. The summed E-state index contributed by atoms with van der Waals surface area (Å²) in [5, 5.41) is 5.06. The van der Waals surface area contributed by atoms with Crippen molar-refractivity contribution in [1.82, 2.24) is 4.90 Å². The van der Waals surface area contributed by atoms with Gasteiger partial charge in [-0.1, -0.05) is 30.3 Å². The summed E-state index contributed by atoms with van der Waals surface area (Å²) in [5.41, 5.74) is 2.10. The Balaban J connectivity index is 1.47. The highest BCUT2D eigenvalue weighted by molar-refractivity contribution is 5.99. The van der Waals surface area contributed by atoms with Gasteiger partial charge in [0.05, 0.1) is 26.2 Å². The fourth-order valence-corrected chi connectivity index (χ4v) is 3.72. The molecule has 4 rings (SSSR count). The number of carbonyl (C=O) groups is 2. The second-order valence-corrected chi connectivity index (χ2v) is 7.67. The van der Waals surface area contributed by atoms with Crippen molar-refractivity contribution >= 4 is 28.3 Å². The molecule has 0 radical (unpaired) electrons. The zero-order valence-electron chi connectivity index (χ0n) is 17.8. The number of nitrogens with zero attached hydrogens (tertiary/aromatic N) is 1. The Morgan fingerprint density at radius 3 is 2.52 bits per heavy atom. The molecular weight excluding hydrogens is 392 g/mol. The Morgan fingerprint density at radius 2 is 1.74 bits per heavy atom. The van der Waals surface area contributed by atoms with E-state index in [1.807, 2.05) is 43.3 Å². The number of carbonyl (C=O) groups excluding carboxylic acids is 2. The van der Waals surface area contributed by atoms with E-state index in [4.69, 9.17) is 9.47 Å². The topological polar surface area (TPSA) is 67.9 Å². The van der Waals surface area contributed by atoms with Crippen molar-refractivity contribution in [3.8, 4) is 5.75 Å². The summed E-state index contributed by atoms with van der Waals surface area (Å²) in [6, 6.07) is 19.0. The van der Waals surface area contributed by atoms with E-state index in [2.05, 4.69) is 5.32 Å². The van der Waals surface area contributed by atoms with Crippen LogP contribution in [-0.2, 0) is 9.53 Å². The number of nitrogens with one attached hydrogen (secondary N) is 1. The first kappa shape index (κ1) is 20.9. The zero-order chi connectivity index (χ0) is 21.8. The Kier molecular flexibility index (Phi) is 6.18. The van der Waals surface area contributed by atoms with Crippen LogP contribution >= 0.6 is 0 Å². The van der Waals surface area contributed by atoms with E-state index in [1.54, 1.807) is 36.3 Å². The normalized spacial score (nSPS) is 14.8. The standard InChI is InChI=1S/C25H26N2O4/c1-17(18-6-7-20-16-23(30-2)9-8-19(20)14-18)24(28)26-22-5-3-4-21(15-22)25(29)27-10-12-31-13-11-27/h3-9,14-17H,10-13H2,1-2H3,(H,26,28)/t17-/m0/s1. The number of hydrogen-bond acceptors (Lipinski definition) is 4. The SMILES string of the molecule is COc1ccc2cc([C@H](C)C(=O)Nc3cccc(C(=O)N4CCOCC4)c3)ccc2c1. The fourth-order valence-electron chi connectivity index (χ4n) is 3.72. The average molecular weight is 418 g/mol. The van der Waals surface area contributed by atoms with Crippen LogP contribution in [0.15, 0.2) is 60.7 Å². The molecule has 6 nitrogen and oxygen atoms in total. The predicted octanol–water partition coefficient (Wildman–Crippen LogP) is 4.06. The molecule has 1 aliphatic heterocycles. The van der Waals surface area contributed by atoms with Crippen molar-refractivity contribution in [2.24, 2.45) is 0 Å². The lowest BCUT2D eigenvalue weighted by Crippen LogP contribution is -2.40. The molecule has 6 heteroatoms. The fraction of sp³-hybridized carbons (Fsp3) is 0.280. The molecule has 160 valence electrons. The van der Waals surface area contributed by atoms with Crippen molar-refractivity contribution in [3.05, 3.63) is 71.8 Å². The van der Waals surface area contributed by atoms with Gasteiger partial charge in [-0.2, -0.15) is 0 Å². The molecule has 31 heavy (non-hydrogen) atoms. The molecule has 1 saturated heterocycles. The van der Waals surface area contributed by atoms with Crippen LogP contribution in [0.4, 0.5) is 5.69 Å². The quantitative estimate of drug-likeness (QED) is 0.678. The van der Waals surface area contributed by atoms with E-state index in [0.29, 0.717) is 37.6 Å². The van der Waals surface area contributed by atoms with Gasteiger partial charge in [-0.25, -0.2) is 0 Å². The molecular formula is C25H26N2O4. The summed E-state index contributed by atoms with van der Waals surface area (Å²) < 4.78 is 10.6. The van der Waals surface area contributed by atoms with Gasteiger partial charge in [-0.05, 0) is 53.6 Å². The summed E-state index contributed by atoms with van der Waals surface area (Å²) in [7, 11) is 1.64. The van der Waals surface area contributed by atoms with Crippen LogP contribution in [0.3, 0.4) is 0 Å². The van der Waals surface area contributed by atoms with Crippen LogP contribution in [0.2, 0.25) is 0 Å². The Bertz CT molecular complexity index is 1110. The maximum absolute atomic E-state index is 12.9. The Hall–Kier alpha value is -3.38. The highest BCUT2D eigenvalue weighted by Crippen LogP contribution is 2.26. The molecule has 0 saturated carbocycles. The van der Waals surface area contributed by atoms with E-state index in [-0.39, 0.29) is 17.7 Å². The van der Waals surface area contributed by atoms with Crippen LogP contribution in [-0.4, -0.2) is 50.1 Å². The van der Waals surface area contributed by atoms with Crippen molar-refractivity contribution in [2.75, 3.05) is 38.7 Å². The molecule has 0 unspecified atom stereocenters. The number of ether oxygens (including phenoxy) is 2. The molecule has 0 aromatic heterocycles. The highest BCUT2D eigenvalue weighted by atomic mass is 16.5. The van der Waals surface area contributed by atoms with Gasteiger partial charge in [0.1, 0.15) is 5.75 Å². The third-order valence-corrected chi connectivity index (χ3v) is 5.64. The number of rotatable bonds is 5. The summed E-state index contributed by atoms with van der Waals surface area (Å²) >= 11 is 0. The molecule has 3 aromatic carbocycles. The number of morpholine rings is 1. The summed E-state index contributed by atoms with van der Waals surface area (Å²) in [6.45, 7) is 4.15. The molecule has 1 aliphatic rings. The minimum atomic E-state index is -0.342. The van der Waals surface area contributed by atoms with Crippen molar-refractivity contribution < 1.29 is 19.1 Å². The lowest BCUT2D eigenvalue weighted by molar-refractivity contribution is -0.117. The maximum Gasteiger partial charge on any atom is 0.254 e. The van der Waals surface area contributed by atoms with Crippen molar-refractivity contribution in [3.63, 3.8) is 0 Å². The van der Waals surface area contributed by atoms with Crippen LogP contribution in [0.1, 0.15) is 28.8 Å². The summed E-state index contributed by atoms with van der Waals surface area (Å²) in [5.74, 6) is 0.295. The molecule has 3 aromatic rings. The minimum Gasteiger partial charge on any atom is -0.497 e. The number of hydrogen-bond donors (Lipinski definition) is 1. The summed E-state index contributed by atoms with van der Waals surface area (Å²) in [6.07, 6.45) is 0. The second kappa shape index (κ2) is 9.18. The summed E-state index contributed by atoms with van der Waals surface area (Å²) in [4.78, 5) is 27.4. The van der Waals surface area contributed by atoms with Crippen molar-refractivity contribution in [2.45, 2.75) is 12.8 Å². The lowest BCUT2D eigenvalue weighted by atomic mass is 9.97. The molecule has 0 spiro atoms. The monoisotopic (exact) mass is 418 g/mol.